The normalized spacial score (nSPS) is 24.4. The first-order chi connectivity index (χ1) is 8.47. The Morgan fingerprint density at radius 1 is 1.39 bits per heavy atom. The SMILES string of the molecule is CC1CN(Cc2ccc(C(=O)O)cc2F)CC1C. The quantitative estimate of drug-likeness (QED) is 0.897. The summed E-state index contributed by atoms with van der Waals surface area (Å²) in [4.78, 5) is 12.9. The molecular formula is C14H18FNO2. The van der Waals surface area contributed by atoms with E-state index in [0.29, 0.717) is 23.9 Å². The first-order valence-electron chi connectivity index (χ1n) is 6.21. The third kappa shape index (κ3) is 2.70. The summed E-state index contributed by atoms with van der Waals surface area (Å²) in [5.41, 5.74) is 0.570. The van der Waals surface area contributed by atoms with Gasteiger partial charge in [0, 0.05) is 25.2 Å². The van der Waals surface area contributed by atoms with Crippen molar-refractivity contribution in [3.05, 3.63) is 35.1 Å². The zero-order chi connectivity index (χ0) is 13.3. The average Bonchev–Trinajstić information content (AvgIpc) is 2.61. The zero-order valence-electron chi connectivity index (χ0n) is 10.7. The standard InChI is InChI=1S/C14H18FNO2/c1-9-6-16(7-10(9)2)8-12-4-3-11(14(17)18)5-13(12)15/h3-5,9-10H,6-8H2,1-2H3,(H,17,18). The molecule has 98 valence electrons. The summed E-state index contributed by atoms with van der Waals surface area (Å²) in [5, 5.41) is 8.78. The molecule has 2 rings (SSSR count). The minimum Gasteiger partial charge on any atom is -0.478 e. The second-order valence-corrected chi connectivity index (χ2v) is 5.26. The van der Waals surface area contributed by atoms with Gasteiger partial charge in [-0.15, -0.1) is 0 Å². The third-order valence-corrected chi connectivity index (χ3v) is 3.76. The van der Waals surface area contributed by atoms with Crippen molar-refractivity contribution in [1.82, 2.24) is 4.90 Å². The number of benzene rings is 1. The van der Waals surface area contributed by atoms with Crippen molar-refractivity contribution in [2.75, 3.05) is 13.1 Å². The highest BCUT2D eigenvalue weighted by Gasteiger charge is 2.26. The van der Waals surface area contributed by atoms with Crippen LogP contribution in [0.2, 0.25) is 0 Å². The lowest BCUT2D eigenvalue weighted by Crippen LogP contribution is -2.20. The highest BCUT2D eigenvalue weighted by Crippen LogP contribution is 2.24. The predicted octanol–water partition coefficient (Wildman–Crippen LogP) is 2.61. The highest BCUT2D eigenvalue weighted by molar-refractivity contribution is 5.87. The predicted molar refractivity (Wildman–Crippen MR) is 67.0 cm³/mol. The Kier molecular flexibility index (Phi) is 3.66. The van der Waals surface area contributed by atoms with Crippen LogP contribution in [0, 0.1) is 17.7 Å². The molecule has 1 aliphatic rings. The van der Waals surface area contributed by atoms with E-state index < -0.39 is 11.8 Å². The number of hydrogen-bond acceptors (Lipinski definition) is 2. The molecule has 18 heavy (non-hydrogen) atoms. The van der Waals surface area contributed by atoms with Crippen LogP contribution < -0.4 is 0 Å². The minimum absolute atomic E-state index is 0.000548. The highest BCUT2D eigenvalue weighted by atomic mass is 19.1. The van der Waals surface area contributed by atoms with Crippen molar-refractivity contribution in [2.24, 2.45) is 11.8 Å². The van der Waals surface area contributed by atoms with Gasteiger partial charge in [0.1, 0.15) is 5.82 Å². The van der Waals surface area contributed by atoms with E-state index in [2.05, 4.69) is 18.7 Å². The van der Waals surface area contributed by atoms with Gasteiger partial charge in [0.25, 0.3) is 0 Å². The van der Waals surface area contributed by atoms with Gasteiger partial charge in [-0.05, 0) is 24.0 Å². The van der Waals surface area contributed by atoms with Crippen LogP contribution in [0.3, 0.4) is 0 Å². The molecule has 1 fully saturated rings. The molecular weight excluding hydrogens is 233 g/mol. The molecule has 1 aliphatic heterocycles. The van der Waals surface area contributed by atoms with Crippen molar-refractivity contribution in [3.8, 4) is 0 Å². The Bertz CT molecular complexity index is 451. The largest absolute Gasteiger partial charge is 0.478 e. The Labute approximate surface area is 106 Å². The smallest absolute Gasteiger partial charge is 0.335 e. The van der Waals surface area contributed by atoms with Crippen molar-refractivity contribution in [1.29, 1.82) is 0 Å². The van der Waals surface area contributed by atoms with Crippen molar-refractivity contribution < 1.29 is 14.3 Å². The van der Waals surface area contributed by atoms with E-state index in [-0.39, 0.29) is 5.56 Å². The van der Waals surface area contributed by atoms with Gasteiger partial charge in [-0.25, -0.2) is 9.18 Å². The Morgan fingerprint density at radius 3 is 2.50 bits per heavy atom. The van der Waals surface area contributed by atoms with Crippen LogP contribution in [0.5, 0.6) is 0 Å². The molecule has 0 aliphatic carbocycles. The molecule has 3 nitrogen and oxygen atoms in total. The van der Waals surface area contributed by atoms with Crippen LogP contribution in [0.1, 0.15) is 29.8 Å². The van der Waals surface area contributed by atoms with E-state index in [9.17, 15) is 9.18 Å². The summed E-state index contributed by atoms with van der Waals surface area (Å²) in [7, 11) is 0. The van der Waals surface area contributed by atoms with E-state index >= 15 is 0 Å². The summed E-state index contributed by atoms with van der Waals surface area (Å²) >= 11 is 0. The van der Waals surface area contributed by atoms with Crippen LogP contribution in [0.25, 0.3) is 0 Å². The van der Waals surface area contributed by atoms with E-state index in [0.717, 1.165) is 19.2 Å². The maximum Gasteiger partial charge on any atom is 0.335 e. The lowest BCUT2D eigenvalue weighted by atomic mass is 10.0. The number of likely N-dealkylation sites (tertiary alicyclic amines) is 1. The van der Waals surface area contributed by atoms with Crippen molar-refractivity contribution >= 4 is 5.97 Å². The molecule has 2 atom stereocenters. The van der Waals surface area contributed by atoms with Crippen molar-refractivity contribution in [2.45, 2.75) is 20.4 Å². The molecule has 4 heteroatoms. The lowest BCUT2D eigenvalue weighted by Gasteiger charge is -2.16. The van der Waals surface area contributed by atoms with Gasteiger partial charge in [-0.3, -0.25) is 4.90 Å². The van der Waals surface area contributed by atoms with Gasteiger partial charge < -0.3 is 5.11 Å². The molecule has 1 heterocycles. The van der Waals surface area contributed by atoms with Gasteiger partial charge in [0.15, 0.2) is 0 Å². The molecule has 1 aromatic carbocycles. The number of hydrogen-bond donors (Lipinski definition) is 1. The van der Waals surface area contributed by atoms with Gasteiger partial charge in [-0.2, -0.15) is 0 Å². The summed E-state index contributed by atoms with van der Waals surface area (Å²) in [5.74, 6) is -0.260. The van der Waals surface area contributed by atoms with Crippen LogP contribution in [-0.4, -0.2) is 29.1 Å². The second-order valence-electron chi connectivity index (χ2n) is 5.26. The number of aromatic carboxylic acids is 1. The van der Waals surface area contributed by atoms with Gasteiger partial charge in [0.05, 0.1) is 5.56 Å². The molecule has 0 radical (unpaired) electrons. The monoisotopic (exact) mass is 251 g/mol. The van der Waals surface area contributed by atoms with E-state index in [4.69, 9.17) is 5.11 Å². The summed E-state index contributed by atoms with van der Waals surface area (Å²) < 4.78 is 13.8. The number of carboxylic acids is 1. The summed E-state index contributed by atoms with van der Waals surface area (Å²) in [6.45, 7) is 6.91. The zero-order valence-corrected chi connectivity index (χ0v) is 10.7. The van der Waals surface area contributed by atoms with Gasteiger partial charge in [-0.1, -0.05) is 19.9 Å². The molecule has 1 N–H and O–H groups in total. The number of nitrogens with zero attached hydrogens (tertiary/aromatic N) is 1. The van der Waals surface area contributed by atoms with E-state index in [1.54, 1.807) is 6.07 Å². The number of carbonyl (C=O) groups is 1. The Balaban J connectivity index is 2.08. The molecule has 2 unspecified atom stereocenters. The minimum atomic E-state index is -1.09. The van der Waals surface area contributed by atoms with Gasteiger partial charge in [0.2, 0.25) is 0 Å². The summed E-state index contributed by atoms with van der Waals surface area (Å²) in [6.07, 6.45) is 0. The summed E-state index contributed by atoms with van der Waals surface area (Å²) in [6, 6.07) is 4.14. The van der Waals surface area contributed by atoms with Crippen molar-refractivity contribution in [3.63, 3.8) is 0 Å². The fraction of sp³-hybridized carbons (Fsp3) is 0.500. The number of rotatable bonds is 3. The maximum absolute atomic E-state index is 13.8. The third-order valence-electron chi connectivity index (χ3n) is 3.76. The molecule has 1 aromatic rings. The molecule has 0 bridgehead atoms. The number of halogens is 1. The van der Waals surface area contributed by atoms with E-state index in [1.165, 1.54) is 6.07 Å². The van der Waals surface area contributed by atoms with Crippen LogP contribution >= 0.6 is 0 Å². The van der Waals surface area contributed by atoms with Gasteiger partial charge >= 0.3 is 5.97 Å². The first kappa shape index (κ1) is 13.0. The fourth-order valence-electron chi connectivity index (χ4n) is 2.43. The molecule has 0 aromatic heterocycles. The molecule has 0 saturated carbocycles. The first-order valence-corrected chi connectivity index (χ1v) is 6.21. The Hall–Kier alpha value is -1.42. The Morgan fingerprint density at radius 2 is 2.00 bits per heavy atom. The molecule has 1 saturated heterocycles. The second kappa shape index (κ2) is 5.06. The van der Waals surface area contributed by atoms with Crippen LogP contribution in [0.15, 0.2) is 18.2 Å². The average molecular weight is 251 g/mol. The topological polar surface area (TPSA) is 40.5 Å². The molecule has 0 spiro atoms. The molecule has 0 amide bonds. The van der Waals surface area contributed by atoms with Crippen LogP contribution in [-0.2, 0) is 6.54 Å². The van der Waals surface area contributed by atoms with Crippen LogP contribution in [0.4, 0.5) is 4.39 Å². The fourth-order valence-corrected chi connectivity index (χ4v) is 2.43. The number of carboxylic acid groups (broad SMARTS) is 1. The maximum atomic E-state index is 13.8. The lowest BCUT2D eigenvalue weighted by molar-refractivity contribution is 0.0696. The van der Waals surface area contributed by atoms with E-state index in [1.807, 2.05) is 0 Å².